The van der Waals surface area contributed by atoms with Crippen molar-refractivity contribution in [1.29, 1.82) is 0 Å². The van der Waals surface area contributed by atoms with E-state index in [4.69, 9.17) is 5.73 Å². The maximum atomic E-state index is 12.4. The van der Waals surface area contributed by atoms with Crippen molar-refractivity contribution in [1.82, 2.24) is 10.3 Å². The molecule has 21 heavy (non-hydrogen) atoms. The minimum atomic E-state index is -0.0411. The number of nitrogens with one attached hydrogen (secondary N) is 2. The van der Waals surface area contributed by atoms with Crippen molar-refractivity contribution in [3.05, 3.63) is 4.88 Å². The van der Waals surface area contributed by atoms with Crippen LogP contribution in [0.25, 0.3) is 0 Å². The maximum absolute atomic E-state index is 12.4. The molecule has 4 unspecified atom stereocenters. The van der Waals surface area contributed by atoms with Gasteiger partial charge in [-0.1, -0.05) is 11.3 Å². The number of thiazole rings is 1. The van der Waals surface area contributed by atoms with Gasteiger partial charge in [-0.3, -0.25) is 4.79 Å². The number of fused-ring (bicyclic) bond motifs is 5. The Kier molecular flexibility index (Phi) is 2.93. The predicted molar refractivity (Wildman–Crippen MR) is 84.4 cm³/mol. The van der Waals surface area contributed by atoms with Gasteiger partial charge >= 0.3 is 0 Å². The maximum Gasteiger partial charge on any atom is 0.265 e. The lowest BCUT2D eigenvalue weighted by Crippen LogP contribution is -2.29. The van der Waals surface area contributed by atoms with E-state index in [1.165, 1.54) is 30.6 Å². The van der Waals surface area contributed by atoms with Gasteiger partial charge in [0, 0.05) is 12.1 Å². The van der Waals surface area contributed by atoms with Gasteiger partial charge in [0.1, 0.15) is 10.7 Å². The molecule has 0 spiro atoms. The highest BCUT2D eigenvalue weighted by atomic mass is 32.1. The minimum Gasteiger partial charge on any atom is -0.382 e. The molecule has 0 radical (unpaired) electrons. The standard InChI is InChI=1S/C15H22N4OS/c1-6(2)17-15-19-13(16)12(21-15)14(20)18-11-9-7-3-4-8(5-7)10(9)11/h6-11H,3-5,16H2,1-2H3,(H,17,19)(H,18,20). The number of amides is 1. The summed E-state index contributed by atoms with van der Waals surface area (Å²) >= 11 is 1.35. The molecule has 0 saturated heterocycles. The van der Waals surface area contributed by atoms with Gasteiger partial charge in [-0.25, -0.2) is 4.98 Å². The van der Waals surface area contributed by atoms with Gasteiger partial charge in [0.05, 0.1) is 0 Å². The zero-order valence-corrected chi connectivity index (χ0v) is 13.2. The van der Waals surface area contributed by atoms with Crippen LogP contribution in [-0.2, 0) is 0 Å². The van der Waals surface area contributed by atoms with Gasteiger partial charge in [0.15, 0.2) is 5.13 Å². The highest BCUT2D eigenvalue weighted by molar-refractivity contribution is 7.18. The van der Waals surface area contributed by atoms with Crippen LogP contribution in [0.3, 0.4) is 0 Å². The molecule has 5 nitrogen and oxygen atoms in total. The Bertz CT molecular complexity index is 568. The van der Waals surface area contributed by atoms with E-state index in [0.717, 1.165) is 28.8 Å². The second-order valence-corrected chi connectivity index (χ2v) is 8.02. The van der Waals surface area contributed by atoms with E-state index in [0.29, 0.717) is 16.7 Å². The van der Waals surface area contributed by atoms with Crippen molar-refractivity contribution >= 4 is 28.2 Å². The molecule has 4 rings (SSSR count). The summed E-state index contributed by atoms with van der Waals surface area (Å²) in [4.78, 5) is 17.2. The largest absolute Gasteiger partial charge is 0.382 e. The number of hydrogen-bond acceptors (Lipinski definition) is 5. The molecule has 1 heterocycles. The molecule has 2 bridgehead atoms. The van der Waals surface area contributed by atoms with Crippen LogP contribution in [0.4, 0.5) is 10.9 Å². The lowest BCUT2D eigenvalue weighted by molar-refractivity contribution is 0.0949. The Morgan fingerprint density at radius 1 is 1.33 bits per heavy atom. The molecule has 1 amide bonds. The van der Waals surface area contributed by atoms with Crippen molar-refractivity contribution < 1.29 is 4.79 Å². The average Bonchev–Trinajstić information content (AvgIpc) is 2.80. The number of hydrogen-bond donors (Lipinski definition) is 3. The fourth-order valence-electron chi connectivity index (χ4n) is 4.54. The second kappa shape index (κ2) is 4.60. The lowest BCUT2D eigenvalue weighted by atomic mass is 10.0. The van der Waals surface area contributed by atoms with Crippen LogP contribution in [0.15, 0.2) is 0 Å². The first-order valence-electron chi connectivity index (χ1n) is 7.88. The second-order valence-electron chi connectivity index (χ2n) is 7.02. The Hall–Kier alpha value is -1.30. The predicted octanol–water partition coefficient (Wildman–Crippen LogP) is 2.32. The number of rotatable bonds is 4. The van der Waals surface area contributed by atoms with E-state index in [1.54, 1.807) is 0 Å². The Morgan fingerprint density at radius 3 is 2.62 bits per heavy atom. The Balaban J connectivity index is 1.43. The summed E-state index contributed by atoms with van der Waals surface area (Å²) in [5.74, 6) is 3.52. The van der Waals surface area contributed by atoms with Crippen LogP contribution in [0.5, 0.6) is 0 Å². The lowest BCUT2D eigenvalue weighted by Gasteiger charge is -2.09. The van der Waals surface area contributed by atoms with Crippen molar-refractivity contribution in [3.63, 3.8) is 0 Å². The summed E-state index contributed by atoms with van der Waals surface area (Å²) in [7, 11) is 0. The number of nitrogens with zero attached hydrogens (tertiary/aromatic N) is 1. The third-order valence-electron chi connectivity index (χ3n) is 5.30. The molecular formula is C15H22N4OS. The van der Waals surface area contributed by atoms with E-state index >= 15 is 0 Å². The summed E-state index contributed by atoms with van der Waals surface area (Å²) in [5, 5.41) is 7.13. The van der Waals surface area contributed by atoms with Gasteiger partial charge in [-0.15, -0.1) is 0 Å². The van der Waals surface area contributed by atoms with Crippen molar-refractivity contribution in [2.24, 2.45) is 23.7 Å². The molecule has 0 aliphatic heterocycles. The van der Waals surface area contributed by atoms with Crippen LogP contribution in [0, 0.1) is 23.7 Å². The summed E-state index contributed by atoms with van der Waals surface area (Å²) < 4.78 is 0. The molecule has 114 valence electrons. The van der Waals surface area contributed by atoms with E-state index in [9.17, 15) is 4.79 Å². The monoisotopic (exact) mass is 306 g/mol. The molecule has 1 aromatic heterocycles. The van der Waals surface area contributed by atoms with Gasteiger partial charge in [-0.2, -0.15) is 0 Å². The van der Waals surface area contributed by atoms with Crippen LogP contribution in [0.2, 0.25) is 0 Å². The van der Waals surface area contributed by atoms with Crippen LogP contribution >= 0.6 is 11.3 Å². The Labute approximate surface area is 128 Å². The molecule has 3 aliphatic rings. The molecule has 3 saturated carbocycles. The average molecular weight is 306 g/mol. The molecule has 4 atom stereocenters. The van der Waals surface area contributed by atoms with Gasteiger partial charge in [0.2, 0.25) is 0 Å². The van der Waals surface area contributed by atoms with E-state index < -0.39 is 0 Å². The normalized spacial score (nSPS) is 35.9. The molecule has 3 fully saturated rings. The number of anilines is 2. The molecule has 0 aromatic carbocycles. The Morgan fingerprint density at radius 2 is 2.00 bits per heavy atom. The topological polar surface area (TPSA) is 80.0 Å². The SMILES string of the molecule is CC(C)Nc1nc(N)c(C(=O)NC2C3C4CCC(C4)C23)s1. The van der Waals surface area contributed by atoms with E-state index in [-0.39, 0.29) is 11.9 Å². The number of carbonyl (C=O) groups excluding carboxylic acids is 1. The number of nitrogens with two attached hydrogens (primary N) is 1. The van der Waals surface area contributed by atoms with E-state index in [1.807, 2.05) is 13.8 Å². The van der Waals surface area contributed by atoms with Crippen LogP contribution in [0.1, 0.15) is 42.8 Å². The van der Waals surface area contributed by atoms with Gasteiger partial charge in [0.25, 0.3) is 5.91 Å². The quantitative estimate of drug-likeness (QED) is 0.797. The fourth-order valence-corrected chi connectivity index (χ4v) is 5.47. The summed E-state index contributed by atoms with van der Waals surface area (Å²) in [6.07, 6.45) is 4.12. The van der Waals surface area contributed by atoms with Crippen LogP contribution < -0.4 is 16.4 Å². The first-order chi connectivity index (χ1) is 10.0. The van der Waals surface area contributed by atoms with Gasteiger partial charge < -0.3 is 16.4 Å². The third kappa shape index (κ3) is 2.11. The van der Waals surface area contributed by atoms with Crippen molar-refractivity contribution in [2.75, 3.05) is 11.1 Å². The zero-order valence-electron chi connectivity index (χ0n) is 12.4. The smallest absolute Gasteiger partial charge is 0.265 e. The minimum absolute atomic E-state index is 0.0411. The highest BCUT2D eigenvalue weighted by Crippen LogP contribution is 2.65. The summed E-state index contributed by atoms with van der Waals surface area (Å²) in [6, 6.07) is 0.677. The number of aromatic nitrogens is 1. The first kappa shape index (κ1) is 13.4. The third-order valence-corrected chi connectivity index (χ3v) is 6.31. The molecule has 1 aromatic rings. The summed E-state index contributed by atoms with van der Waals surface area (Å²) in [5.41, 5.74) is 5.90. The highest BCUT2D eigenvalue weighted by Gasteiger charge is 2.65. The van der Waals surface area contributed by atoms with Gasteiger partial charge in [-0.05, 0) is 56.8 Å². The fraction of sp³-hybridized carbons (Fsp3) is 0.733. The van der Waals surface area contributed by atoms with E-state index in [2.05, 4.69) is 15.6 Å². The molecule has 6 heteroatoms. The molecule has 3 aliphatic carbocycles. The van der Waals surface area contributed by atoms with Crippen molar-refractivity contribution in [2.45, 2.75) is 45.2 Å². The summed E-state index contributed by atoms with van der Waals surface area (Å²) in [6.45, 7) is 4.08. The number of carbonyl (C=O) groups is 1. The van der Waals surface area contributed by atoms with Crippen LogP contribution in [-0.4, -0.2) is 23.0 Å². The molecule has 4 N–H and O–H groups in total. The zero-order chi connectivity index (χ0) is 14.7. The molecular weight excluding hydrogens is 284 g/mol. The first-order valence-corrected chi connectivity index (χ1v) is 8.70. The number of nitrogen functional groups attached to an aromatic ring is 1. The van der Waals surface area contributed by atoms with Crippen molar-refractivity contribution in [3.8, 4) is 0 Å².